The molecule has 8 heteroatoms. The van der Waals surface area contributed by atoms with Crippen LogP contribution in [0.1, 0.15) is 49.0 Å². The number of carbonyl (C=O) groups excluding carboxylic acids is 2. The summed E-state index contributed by atoms with van der Waals surface area (Å²) in [5.41, 5.74) is 1.15. The highest BCUT2D eigenvalue weighted by Crippen LogP contribution is 2.18. The maximum atomic E-state index is 12.3. The van der Waals surface area contributed by atoms with E-state index >= 15 is 0 Å². The van der Waals surface area contributed by atoms with Gasteiger partial charge in [-0.05, 0) is 44.0 Å². The average Bonchev–Trinajstić information content (AvgIpc) is 3.08. The van der Waals surface area contributed by atoms with E-state index in [1.165, 1.54) is 11.3 Å². The van der Waals surface area contributed by atoms with E-state index in [0.29, 0.717) is 34.6 Å². The lowest BCUT2D eigenvalue weighted by Gasteiger charge is -2.12. The van der Waals surface area contributed by atoms with Crippen molar-refractivity contribution in [3.05, 3.63) is 34.8 Å². The van der Waals surface area contributed by atoms with Gasteiger partial charge in [-0.3, -0.25) is 14.9 Å². The quantitative estimate of drug-likeness (QED) is 0.696. The zero-order valence-electron chi connectivity index (χ0n) is 15.2. The first-order valence-corrected chi connectivity index (χ1v) is 9.51. The molecule has 0 radical (unpaired) electrons. The third-order valence-corrected chi connectivity index (χ3v) is 4.70. The maximum Gasteiger partial charge on any atom is 0.257 e. The molecular formula is C18H24N4O3S. The van der Waals surface area contributed by atoms with E-state index in [2.05, 4.69) is 20.8 Å². The standard InChI is InChI=1S/C18H24N4O3S/c1-4-12(5-2)16(23)19-14-9-7-13(8-10-14)17(24)20-18-22-21-15(26-18)11-25-6-3/h7-10,12H,4-6,11H2,1-3H3,(H,19,23)(H,20,22,24). The molecule has 0 aliphatic heterocycles. The lowest BCUT2D eigenvalue weighted by atomic mass is 10.0. The zero-order valence-corrected chi connectivity index (χ0v) is 16.1. The van der Waals surface area contributed by atoms with Crippen molar-refractivity contribution in [1.29, 1.82) is 0 Å². The number of hydrogen-bond acceptors (Lipinski definition) is 6. The minimum absolute atomic E-state index is 0.00117. The Balaban J connectivity index is 1.93. The molecule has 0 saturated heterocycles. The summed E-state index contributed by atoms with van der Waals surface area (Å²) in [6.45, 7) is 6.87. The number of aromatic nitrogens is 2. The molecule has 140 valence electrons. The van der Waals surface area contributed by atoms with Crippen LogP contribution in [-0.2, 0) is 16.1 Å². The van der Waals surface area contributed by atoms with E-state index in [9.17, 15) is 9.59 Å². The fraction of sp³-hybridized carbons (Fsp3) is 0.444. The number of hydrogen-bond donors (Lipinski definition) is 2. The minimum atomic E-state index is -0.276. The summed E-state index contributed by atoms with van der Waals surface area (Å²) in [6.07, 6.45) is 1.60. The molecule has 0 spiro atoms. The molecule has 2 rings (SSSR count). The monoisotopic (exact) mass is 376 g/mol. The predicted octanol–water partition coefficient (Wildman–Crippen LogP) is 3.70. The van der Waals surface area contributed by atoms with Gasteiger partial charge in [-0.15, -0.1) is 10.2 Å². The summed E-state index contributed by atoms with van der Waals surface area (Å²) in [5.74, 6) is -0.272. The molecule has 0 unspecified atom stereocenters. The van der Waals surface area contributed by atoms with Crippen LogP contribution in [0.4, 0.5) is 10.8 Å². The smallest absolute Gasteiger partial charge is 0.257 e. The van der Waals surface area contributed by atoms with Crippen LogP contribution in [0.3, 0.4) is 0 Å². The van der Waals surface area contributed by atoms with Gasteiger partial charge in [0.2, 0.25) is 11.0 Å². The summed E-state index contributed by atoms with van der Waals surface area (Å²) in [4.78, 5) is 24.4. The van der Waals surface area contributed by atoms with Crippen molar-refractivity contribution in [3.63, 3.8) is 0 Å². The summed E-state index contributed by atoms with van der Waals surface area (Å²) in [5, 5.41) is 14.6. The van der Waals surface area contributed by atoms with Crippen LogP contribution < -0.4 is 10.6 Å². The predicted molar refractivity (Wildman–Crippen MR) is 102 cm³/mol. The molecule has 2 aromatic rings. The van der Waals surface area contributed by atoms with Crippen molar-refractivity contribution in [2.24, 2.45) is 5.92 Å². The molecular weight excluding hydrogens is 352 g/mol. The lowest BCUT2D eigenvalue weighted by Crippen LogP contribution is -2.21. The van der Waals surface area contributed by atoms with E-state index in [1.807, 2.05) is 20.8 Å². The summed E-state index contributed by atoms with van der Waals surface area (Å²) >= 11 is 1.28. The van der Waals surface area contributed by atoms with Gasteiger partial charge in [0, 0.05) is 23.8 Å². The van der Waals surface area contributed by atoms with Gasteiger partial charge in [0.05, 0.1) is 0 Å². The number of carbonyl (C=O) groups is 2. The molecule has 2 N–H and O–H groups in total. The van der Waals surface area contributed by atoms with Gasteiger partial charge in [-0.25, -0.2) is 0 Å². The SMILES string of the molecule is CCOCc1nnc(NC(=O)c2ccc(NC(=O)C(CC)CC)cc2)s1. The number of ether oxygens (including phenoxy) is 1. The summed E-state index contributed by atoms with van der Waals surface area (Å²) < 4.78 is 5.26. The highest BCUT2D eigenvalue weighted by Gasteiger charge is 2.15. The number of benzene rings is 1. The molecule has 0 bridgehead atoms. The number of amides is 2. The molecule has 2 amide bonds. The first kappa shape index (κ1) is 20.0. The normalized spacial score (nSPS) is 10.8. The van der Waals surface area contributed by atoms with Crippen LogP contribution in [0.2, 0.25) is 0 Å². The Kier molecular flexibility index (Phi) is 7.68. The van der Waals surface area contributed by atoms with Gasteiger partial charge in [0.15, 0.2) is 0 Å². The van der Waals surface area contributed by atoms with E-state index in [1.54, 1.807) is 24.3 Å². The number of rotatable bonds is 9. The summed E-state index contributed by atoms with van der Waals surface area (Å²) in [7, 11) is 0. The highest BCUT2D eigenvalue weighted by atomic mass is 32.1. The van der Waals surface area contributed by atoms with Crippen molar-refractivity contribution in [2.45, 2.75) is 40.2 Å². The second-order valence-electron chi connectivity index (χ2n) is 5.67. The molecule has 26 heavy (non-hydrogen) atoms. The number of anilines is 2. The van der Waals surface area contributed by atoms with Crippen LogP contribution in [0.25, 0.3) is 0 Å². The van der Waals surface area contributed by atoms with Gasteiger partial charge in [-0.1, -0.05) is 25.2 Å². The largest absolute Gasteiger partial charge is 0.374 e. The molecule has 0 atom stereocenters. The Labute approximate surface area is 157 Å². The van der Waals surface area contributed by atoms with E-state index in [4.69, 9.17) is 4.74 Å². The fourth-order valence-corrected chi connectivity index (χ4v) is 3.00. The molecule has 1 aromatic carbocycles. The van der Waals surface area contributed by atoms with Crippen molar-refractivity contribution < 1.29 is 14.3 Å². The Bertz CT molecular complexity index is 726. The third kappa shape index (κ3) is 5.60. The maximum absolute atomic E-state index is 12.3. The van der Waals surface area contributed by atoms with Crippen LogP contribution in [0.5, 0.6) is 0 Å². The Hall–Kier alpha value is -2.32. The van der Waals surface area contributed by atoms with E-state index < -0.39 is 0 Å². The van der Waals surface area contributed by atoms with Gasteiger partial charge < -0.3 is 10.1 Å². The minimum Gasteiger partial charge on any atom is -0.374 e. The van der Waals surface area contributed by atoms with Crippen LogP contribution in [-0.4, -0.2) is 28.6 Å². The number of nitrogens with zero attached hydrogens (tertiary/aromatic N) is 2. The van der Waals surface area contributed by atoms with Crippen molar-refractivity contribution in [1.82, 2.24) is 10.2 Å². The second kappa shape index (κ2) is 9.98. The molecule has 0 fully saturated rings. The van der Waals surface area contributed by atoms with E-state index in [-0.39, 0.29) is 17.7 Å². The van der Waals surface area contributed by atoms with Crippen LogP contribution in [0.15, 0.2) is 24.3 Å². The molecule has 1 aromatic heterocycles. The van der Waals surface area contributed by atoms with Crippen LogP contribution in [0, 0.1) is 5.92 Å². The van der Waals surface area contributed by atoms with Crippen molar-refractivity contribution in [3.8, 4) is 0 Å². The Morgan fingerprint density at radius 1 is 1.08 bits per heavy atom. The zero-order chi connectivity index (χ0) is 18.9. The average molecular weight is 376 g/mol. The molecule has 0 aliphatic carbocycles. The Morgan fingerprint density at radius 3 is 2.38 bits per heavy atom. The number of nitrogens with one attached hydrogen (secondary N) is 2. The van der Waals surface area contributed by atoms with Crippen LogP contribution >= 0.6 is 11.3 Å². The van der Waals surface area contributed by atoms with E-state index in [0.717, 1.165) is 12.8 Å². The fourth-order valence-electron chi connectivity index (χ4n) is 2.33. The molecule has 7 nitrogen and oxygen atoms in total. The van der Waals surface area contributed by atoms with Gasteiger partial charge in [0.25, 0.3) is 5.91 Å². The van der Waals surface area contributed by atoms with Gasteiger partial charge in [0.1, 0.15) is 11.6 Å². The van der Waals surface area contributed by atoms with Gasteiger partial charge in [-0.2, -0.15) is 0 Å². The topological polar surface area (TPSA) is 93.2 Å². The first-order chi connectivity index (χ1) is 12.6. The molecule has 0 aliphatic rings. The highest BCUT2D eigenvalue weighted by molar-refractivity contribution is 7.15. The van der Waals surface area contributed by atoms with Gasteiger partial charge >= 0.3 is 0 Å². The lowest BCUT2D eigenvalue weighted by molar-refractivity contribution is -0.120. The van der Waals surface area contributed by atoms with Crippen molar-refractivity contribution >= 4 is 34.0 Å². The Morgan fingerprint density at radius 2 is 1.77 bits per heavy atom. The summed E-state index contributed by atoms with van der Waals surface area (Å²) in [6, 6.07) is 6.77. The first-order valence-electron chi connectivity index (χ1n) is 8.69. The second-order valence-corrected chi connectivity index (χ2v) is 6.73. The molecule has 1 heterocycles. The molecule has 0 saturated carbocycles. The third-order valence-electron chi connectivity index (χ3n) is 3.89. The van der Waals surface area contributed by atoms with Crippen molar-refractivity contribution in [2.75, 3.05) is 17.2 Å².